The van der Waals surface area contributed by atoms with Gasteiger partial charge >= 0.3 is 0 Å². The monoisotopic (exact) mass is 431 g/mol. The fourth-order valence-electron chi connectivity index (χ4n) is 3.98. The van der Waals surface area contributed by atoms with E-state index in [0.717, 1.165) is 48.3 Å². The third-order valence-corrected chi connectivity index (χ3v) is 6.55. The topological polar surface area (TPSA) is 63.5 Å². The molecule has 2 heterocycles. The summed E-state index contributed by atoms with van der Waals surface area (Å²) in [6.07, 6.45) is 3.20. The summed E-state index contributed by atoms with van der Waals surface area (Å²) in [6, 6.07) is 8.01. The molecule has 2 atom stereocenters. The van der Waals surface area contributed by atoms with Crippen LogP contribution in [0.5, 0.6) is 5.75 Å². The summed E-state index contributed by atoms with van der Waals surface area (Å²) >= 11 is 1.46. The number of aromatic nitrogens is 3. The summed E-state index contributed by atoms with van der Waals surface area (Å²) < 4.78 is 7.38. The zero-order valence-electron chi connectivity index (χ0n) is 18.7. The lowest BCUT2D eigenvalue weighted by Crippen LogP contribution is -2.40. The Balaban J connectivity index is 1.86. The van der Waals surface area contributed by atoms with E-state index in [1.165, 1.54) is 18.2 Å². The van der Waals surface area contributed by atoms with Gasteiger partial charge in [0.25, 0.3) is 0 Å². The van der Waals surface area contributed by atoms with Crippen molar-refractivity contribution in [2.75, 3.05) is 40.0 Å². The number of hydrogen-bond acceptors (Lipinski definition) is 6. The number of likely N-dealkylation sites (tertiary alicyclic amines) is 1. The van der Waals surface area contributed by atoms with E-state index in [2.05, 4.69) is 47.6 Å². The number of hydrogen-bond donors (Lipinski definition) is 0. The number of piperidine rings is 1. The zero-order chi connectivity index (χ0) is 21.7. The highest BCUT2D eigenvalue weighted by molar-refractivity contribution is 7.99. The summed E-state index contributed by atoms with van der Waals surface area (Å²) in [5.74, 6) is 2.82. The van der Waals surface area contributed by atoms with E-state index in [9.17, 15) is 4.79 Å². The maximum Gasteiger partial charge on any atom is 0.233 e. The fourth-order valence-corrected chi connectivity index (χ4v) is 4.84. The minimum Gasteiger partial charge on any atom is -0.497 e. The first kappa shape index (κ1) is 22.6. The second-order valence-corrected chi connectivity index (χ2v) is 9.08. The molecule has 164 valence electrons. The number of carbonyl (C=O) groups excluding carboxylic acids is 1. The van der Waals surface area contributed by atoms with Crippen molar-refractivity contribution in [1.29, 1.82) is 0 Å². The molecular weight excluding hydrogens is 398 g/mol. The van der Waals surface area contributed by atoms with Crippen LogP contribution in [0.1, 0.15) is 45.0 Å². The highest BCUT2D eigenvalue weighted by Crippen LogP contribution is 2.29. The number of amides is 1. The molecule has 2 unspecified atom stereocenters. The van der Waals surface area contributed by atoms with Gasteiger partial charge in [0.05, 0.1) is 18.9 Å². The van der Waals surface area contributed by atoms with Gasteiger partial charge in [-0.2, -0.15) is 0 Å². The molecule has 1 fully saturated rings. The van der Waals surface area contributed by atoms with Crippen molar-refractivity contribution in [3.8, 4) is 11.4 Å². The van der Waals surface area contributed by atoms with Gasteiger partial charge < -0.3 is 9.64 Å². The lowest BCUT2D eigenvalue weighted by molar-refractivity contribution is -0.130. The minimum absolute atomic E-state index is 0.132. The molecule has 0 radical (unpaired) electrons. The quantitative estimate of drug-likeness (QED) is 0.595. The molecule has 0 bridgehead atoms. The van der Waals surface area contributed by atoms with Gasteiger partial charge in [-0.3, -0.25) is 14.3 Å². The zero-order valence-corrected chi connectivity index (χ0v) is 19.5. The Morgan fingerprint density at radius 3 is 2.63 bits per heavy atom. The molecule has 0 saturated carbocycles. The second-order valence-electron chi connectivity index (χ2n) is 8.14. The first-order chi connectivity index (χ1) is 14.4. The molecule has 0 N–H and O–H groups in total. The Labute approximate surface area is 183 Å². The van der Waals surface area contributed by atoms with E-state index in [1.807, 2.05) is 29.2 Å². The van der Waals surface area contributed by atoms with Crippen LogP contribution in [0, 0.1) is 5.92 Å². The van der Waals surface area contributed by atoms with Crippen LogP contribution in [0.4, 0.5) is 0 Å². The van der Waals surface area contributed by atoms with Crippen LogP contribution in [-0.2, 0) is 4.79 Å². The molecule has 1 saturated heterocycles. The molecule has 1 aromatic heterocycles. The first-order valence-electron chi connectivity index (χ1n) is 10.6. The molecule has 2 aromatic rings. The molecule has 1 amide bonds. The second kappa shape index (κ2) is 10.3. The summed E-state index contributed by atoms with van der Waals surface area (Å²) in [7, 11) is 5.76. The maximum atomic E-state index is 12.8. The summed E-state index contributed by atoms with van der Waals surface area (Å²) in [5, 5.41) is 9.73. The predicted molar refractivity (Wildman–Crippen MR) is 120 cm³/mol. The first-order valence-corrected chi connectivity index (χ1v) is 11.6. The number of ether oxygens (including phenoxy) is 1. The summed E-state index contributed by atoms with van der Waals surface area (Å²) in [5.41, 5.74) is 0.970. The minimum atomic E-state index is 0.132. The number of rotatable bonds is 8. The average molecular weight is 432 g/mol. The van der Waals surface area contributed by atoms with Gasteiger partial charge in [-0.15, -0.1) is 10.2 Å². The van der Waals surface area contributed by atoms with E-state index in [4.69, 9.17) is 4.74 Å². The highest BCUT2D eigenvalue weighted by atomic mass is 32.2. The lowest BCUT2D eigenvalue weighted by atomic mass is 10.0. The van der Waals surface area contributed by atoms with Crippen molar-refractivity contribution >= 4 is 17.7 Å². The van der Waals surface area contributed by atoms with Gasteiger partial charge in [0.15, 0.2) is 11.0 Å². The highest BCUT2D eigenvalue weighted by Gasteiger charge is 2.25. The van der Waals surface area contributed by atoms with Gasteiger partial charge in [0.1, 0.15) is 5.75 Å². The Hall–Kier alpha value is -2.06. The number of methoxy groups -OCH3 is 1. The van der Waals surface area contributed by atoms with Crippen molar-refractivity contribution < 1.29 is 9.53 Å². The molecule has 0 aliphatic carbocycles. The molecule has 1 aliphatic rings. The number of nitrogens with zero attached hydrogens (tertiary/aromatic N) is 5. The van der Waals surface area contributed by atoms with E-state index in [0.29, 0.717) is 11.7 Å². The van der Waals surface area contributed by atoms with Crippen molar-refractivity contribution in [3.05, 3.63) is 30.1 Å². The van der Waals surface area contributed by atoms with E-state index in [1.54, 1.807) is 7.11 Å². The Kier molecular flexibility index (Phi) is 7.77. The molecule has 3 rings (SSSR count). The standard InChI is InChI=1S/C22H33N5O2S/c1-6-19(25(3)4)21-23-24-22(27(21)17-9-11-18(29-5)12-10-17)30-15-20(28)26-13-7-8-16(2)14-26/h9-12,16,19H,6-8,13-15H2,1-5H3. The molecule has 30 heavy (non-hydrogen) atoms. The average Bonchev–Trinajstić information content (AvgIpc) is 3.15. The molecular formula is C22H33N5O2S. The van der Waals surface area contributed by atoms with Crippen molar-refractivity contribution in [3.63, 3.8) is 0 Å². The number of thioether (sulfide) groups is 1. The predicted octanol–water partition coefficient (Wildman–Crippen LogP) is 3.64. The van der Waals surface area contributed by atoms with Gasteiger partial charge in [-0.25, -0.2) is 0 Å². The van der Waals surface area contributed by atoms with Crippen LogP contribution in [0.25, 0.3) is 5.69 Å². The lowest BCUT2D eigenvalue weighted by Gasteiger charge is -2.30. The normalized spacial score (nSPS) is 17.9. The van der Waals surface area contributed by atoms with E-state index in [-0.39, 0.29) is 11.9 Å². The third-order valence-electron chi connectivity index (χ3n) is 5.63. The van der Waals surface area contributed by atoms with Gasteiger partial charge in [-0.1, -0.05) is 25.6 Å². The van der Waals surface area contributed by atoms with Crippen molar-refractivity contribution in [1.82, 2.24) is 24.6 Å². The smallest absolute Gasteiger partial charge is 0.233 e. The number of carbonyl (C=O) groups is 1. The van der Waals surface area contributed by atoms with Gasteiger partial charge in [0, 0.05) is 18.8 Å². The fraction of sp³-hybridized carbons (Fsp3) is 0.591. The van der Waals surface area contributed by atoms with Crippen LogP contribution >= 0.6 is 11.8 Å². The maximum absolute atomic E-state index is 12.8. The van der Waals surface area contributed by atoms with Crippen LogP contribution < -0.4 is 4.74 Å². The van der Waals surface area contributed by atoms with Gasteiger partial charge in [-0.05, 0) is 63.5 Å². The molecule has 7 nitrogen and oxygen atoms in total. The van der Waals surface area contributed by atoms with Crippen molar-refractivity contribution in [2.45, 2.75) is 44.3 Å². The Bertz CT molecular complexity index is 837. The SMILES string of the molecule is CCC(c1nnc(SCC(=O)N2CCCC(C)C2)n1-c1ccc(OC)cc1)N(C)C. The van der Waals surface area contributed by atoms with Crippen LogP contribution in [0.3, 0.4) is 0 Å². The molecule has 1 aromatic carbocycles. The molecule has 8 heteroatoms. The Morgan fingerprint density at radius 2 is 2.03 bits per heavy atom. The largest absolute Gasteiger partial charge is 0.497 e. The van der Waals surface area contributed by atoms with Crippen LogP contribution in [0.15, 0.2) is 29.4 Å². The van der Waals surface area contributed by atoms with E-state index < -0.39 is 0 Å². The van der Waals surface area contributed by atoms with Crippen molar-refractivity contribution in [2.24, 2.45) is 5.92 Å². The van der Waals surface area contributed by atoms with Crippen LogP contribution in [0.2, 0.25) is 0 Å². The molecule has 1 aliphatic heterocycles. The van der Waals surface area contributed by atoms with Crippen LogP contribution in [-0.4, -0.2) is 70.5 Å². The van der Waals surface area contributed by atoms with Gasteiger partial charge in [0.2, 0.25) is 5.91 Å². The summed E-state index contributed by atoms with van der Waals surface area (Å²) in [4.78, 5) is 16.9. The molecule has 0 spiro atoms. The summed E-state index contributed by atoms with van der Waals surface area (Å²) in [6.45, 7) is 6.07. The third kappa shape index (κ3) is 5.16. The number of benzene rings is 1. The Morgan fingerprint density at radius 1 is 1.30 bits per heavy atom. The van der Waals surface area contributed by atoms with E-state index >= 15 is 0 Å².